The number of amides is 2. The second-order valence-corrected chi connectivity index (χ2v) is 5.40. The fraction of sp³-hybridized carbons (Fsp3) is 0.467. The van der Waals surface area contributed by atoms with Crippen LogP contribution >= 0.6 is 0 Å². The largest absolute Gasteiger partial charge is 0.332 e. The number of carbonyl (C=O) groups is 2. The minimum absolute atomic E-state index is 0.0316. The van der Waals surface area contributed by atoms with Gasteiger partial charge in [0.15, 0.2) is 0 Å². The Morgan fingerprint density at radius 1 is 1.00 bits per heavy atom. The molecule has 0 atom stereocenters. The molecule has 1 aromatic carbocycles. The lowest BCUT2D eigenvalue weighted by Gasteiger charge is -2.34. The van der Waals surface area contributed by atoms with Gasteiger partial charge in [-0.1, -0.05) is 44.2 Å². The summed E-state index contributed by atoms with van der Waals surface area (Å²) in [6, 6.07) is 9.76. The van der Waals surface area contributed by atoms with Gasteiger partial charge in [-0.05, 0) is 11.5 Å². The van der Waals surface area contributed by atoms with Crippen molar-refractivity contribution in [1.82, 2.24) is 9.80 Å². The van der Waals surface area contributed by atoms with E-state index in [1.54, 1.807) is 9.80 Å². The lowest BCUT2D eigenvalue weighted by atomic mass is 10.1. The van der Waals surface area contributed by atoms with Gasteiger partial charge in [0.1, 0.15) is 6.54 Å². The van der Waals surface area contributed by atoms with Crippen molar-refractivity contribution in [3.05, 3.63) is 35.9 Å². The highest BCUT2D eigenvalue weighted by atomic mass is 16.2. The average molecular weight is 260 g/mol. The summed E-state index contributed by atoms with van der Waals surface area (Å²) in [5.41, 5.74) is 1.06. The van der Waals surface area contributed by atoms with Crippen LogP contribution in [0.25, 0.3) is 0 Å². The van der Waals surface area contributed by atoms with Crippen LogP contribution in [0.3, 0.4) is 0 Å². The molecule has 1 aliphatic rings. The molecule has 19 heavy (non-hydrogen) atoms. The van der Waals surface area contributed by atoms with Crippen LogP contribution in [0, 0.1) is 5.92 Å². The summed E-state index contributed by atoms with van der Waals surface area (Å²) in [6.45, 7) is 5.68. The van der Waals surface area contributed by atoms with Crippen LogP contribution in [0.2, 0.25) is 0 Å². The molecule has 0 radical (unpaired) electrons. The number of nitrogens with zero attached hydrogens (tertiary/aromatic N) is 2. The third kappa shape index (κ3) is 3.56. The quantitative estimate of drug-likeness (QED) is 0.823. The number of carbonyl (C=O) groups excluding carboxylic acids is 2. The van der Waals surface area contributed by atoms with Crippen LogP contribution in [0.15, 0.2) is 30.3 Å². The summed E-state index contributed by atoms with van der Waals surface area (Å²) in [5.74, 6) is 0.464. The second kappa shape index (κ2) is 5.87. The molecular weight excluding hydrogens is 240 g/mol. The van der Waals surface area contributed by atoms with E-state index in [9.17, 15) is 9.59 Å². The Labute approximate surface area is 114 Å². The molecule has 0 spiro atoms. The smallest absolute Gasteiger partial charge is 0.242 e. The summed E-state index contributed by atoms with van der Waals surface area (Å²) in [7, 11) is 0. The van der Waals surface area contributed by atoms with E-state index in [-0.39, 0.29) is 24.9 Å². The maximum Gasteiger partial charge on any atom is 0.242 e. The van der Waals surface area contributed by atoms with Gasteiger partial charge in [0.25, 0.3) is 0 Å². The van der Waals surface area contributed by atoms with Gasteiger partial charge in [0.2, 0.25) is 11.8 Å². The normalized spacial score (nSPS) is 16.4. The van der Waals surface area contributed by atoms with Crippen molar-refractivity contribution in [2.75, 3.05) is 19.6 Å². The summed E-state index contributed by atoms with van der Waals surface area (Å²) >= 11 is 0. The van der Waals surface area contributed by atoms with Gasteiger partial charge in [-0.2, -0.15) is 0 Å². The van der Waals surface area contributed by atoms with E-state index in [1.165, 1.54) is 0 Å². The molecule has 0 aliphatic carbocycles. The Bertz CT molecular complexity index is 456. The minimum atomic E-state index is 0.0316. The number of benzene rings is 1. The minimum Gasteiger partial charge on any atom is -0.332 e. The Hall–Kier alpha value is -1.84. The van der Waals surface area contributed by atoms with Crippen molar-refractivity contribution < 1.29 is 9.59 Å². The van der Waals surface area contributed by atoms with E-state index in [4.69, 9.17) is 0 Å². The van der Waals surface area contributed by atoms with Gasteiger partial charge < -0.3 is 9.80 Å². The predicted octanol–water partition coefficient (Wildman–Crippen LogP) is 1.51. The highest BCUT2D eigenvalue weighted by molar-refractivity contribution is 5.92. The highest BCUT2D eigenvalue weighted by Crippen LogP contribution is 2.11. The number of hydrogen-bond acceptors (Lipinski definition) is 2. The van der Waals surface area contributed by atoms with Crippen molar-refractivity contribution in [1.29, 1.82) is 0 Å². The third-order valence-corrected chi connectivity index (χ3v) is 3.16. The Balaban J connectivity index is 1.99. The third-order valence-electron chi connectivity index (χ3n) is 3.16. The van der Waals surface area contributed by atoms with Crippen molar-refractivity contribution in [3.8, 4) is 0 Å². The lowest BCUT2D eigenvalue weighted by Crippen LogP contribution is -2.54. The predicted molar refractivity (Wildman–Crippen MR) is 73.3 cm³/mol. The lowest BCUT2D eigenvalue weighted by molar-refractivity contribution is -0.151. The summed E-state index contributed by atoms with van der Waals surface area (Å²) in [6.07, 6.45) is 0. The van der Waals surface area contributed by atoms with Crippen LogP contribution in [0.5, 0.6) is 0 Å². The van der Waals surface area contributed by atoms with Crippen molar-refractivity contribution in [2.24, 2.45) is 5.92 Å². The van der Waals surface area contributed by atoms with Crippen molar-refractivity contribution in [2.45, 2.75) is 20.4 Å². The molecule has 0 unspecified atom stereocenters. The van der Waals surface area contributed by atoms with E-state index in [0.29, 0.717) is 19.0 Å². The number of rotatable bonds is 4. The van der Waals surface area contributed by atoms with Gasteiger partial charge >= 0.3 is 0 Å². The molecule has 4 heteroatoms. The monoisotopic (exact) mass is 260 g/mol. The zero-order valence-electron chi connectivity index (χ0n) is 11.5. The molecular formula is C15H20N2O2. The van der Waals surface area contributed by atoms with E-state index in [0.717, 1.165) is 5.56 Å². The zero-order valence-corrected chi connectivity index (χ0v) is 11.5. The molecule has 1 saturated heterocycles. The van der Waals surface area contributed by atoms with Gasteiger partial charge in [-0.3, -0.25) is 9.59 Å². The van der Waals surface area contributed by atoms with E-state index in [2.05, 4.69) is 0 Å². The Kier molecular flexibility index (Phi) is 4.20. The van der Waals surface area contributed by atoms with E-state index >= 15 is 0 Å². The van der Waals surface area contributed by atoms with Crippen LogP contribution in [0.4, 0.5) is 0 Å². The Morgan fingerprint density at radius 3 is 2.21 bits per heavy atom. The molecule has 4 nitrogen and oxygen atoms in total. The van der Waals surface area contributed by atoms with Gasteiger partial charge in [-0.15, -0.1) is 0 Å². The first-order valence-electron chi connectivity index (χ1n) is 6.65. The molecule has 0 N–H and O–H groups in total. The molecule has 1 aromatic rings. The van der Waals surface area contributed by atoms with Crippen molar-refractivity contribution in [3.63, 3.8) is 0 Å². The molecule has 102 valence electrons. The average Bonchev–Trinajstić information content (AvgIpc) is 2.36. The maximum absolute atomic E-state index is 12.1. The molecule has 1 aliphatic heterocycles. The van der Waals surface area contributed by atoms with E-state index in [1.807, 2.05) is 44.2 Å². The van der Waals surface area contributed by atoms with Crippen LogP contribution in [-0.4, -0.2) is 41.2 Å². The SMILES string of the molecule is CC(C)CN1CC(=O)N(Cc2ccccc2)CC1=O. The fourth-order valence-electron chi connectivity index (χ4n) is 2.26. The first-order valence-corrected chi connectivity index (χ1v) is 6.65. The first kappa shape index (κ1) is 13.6. The fourth-order valence-corrected chi connectivity index (χ4v) is 2.26. The number of hydrogen-bond donors (Lipinski definition) is 0. The summed E-state index contributed by atoms with van der Waals surface area (Å²) in [4.78, 5) is 27.4. The highest BCUT2D eigenvalue weighted by Gasteiger charge is 2.29. The van der Waals surface area contributed by atoms with Gasteiger partial charge in [0.05, 0.1) is 6.54 Å². The molecule has 1 heterocycles. The summed E-state index contributed by atoms with van der Waals surface area (Å²) < 4.78 is 0. The molecule has 1 fully saturated rings. The van der Waals surface area contributed by atoms with Crippen LogP contribution < -0.4 is 0 Å². The van der Waals surface area contributed by atoms with Crippen LogP contribution in [-0.2, 0) is 16.1 Å². The molecule has 0 bridgehead atoms. The summed E-state index contributed by atoms with van der Waals surface area (Å²) in [5, 5.41) is 0. The van der Waals surface area contributed by atoms with Gasteiger partial charge in [-0.25, -0.2) is 0 Å². The molecule has 2 amide bonds. The van der Waals surface area contributed by atoms with Crippen molar-refractivity contribution >= 4 is 11.8 Å². The number of piperazine rings is 1. The topological polar surface area (TPSA) is 40.6 Å². The molecule has 0 aromatic heterocycles. The zero-order chi connectivity index (χ0) is 13.8. The van der Waals surface area contributed by atoms with Crippen LogP contribution in [0.1, 0.15) is 19.4 Å². The molecule has 0 saturated carbocycles. The Morgan fingerprint density at radius 2 is 1.58 bits per heavy atom. The first-order chi connectivity index (χ1) is 9.06. The van der Waals surface area contributed by atoms with E-state index < -0.39 is 0 Å². The second-order valence-electron chi connectivity index (χ2n) is 5.40. The van der Waals surface area contributed by atoms with Gasteiger partial charge in [0, 0.05) is 13.1 Å². The maximum atomic E-state index is 12.1. The molecule has 2 rings (SSSR count). The standard InChI is InChI=1S/C15H20N2O2/c1-12(2)8-16-10-15(19)17(11-14(16)18)9-13-6-4-3-5-7-13/h3-7,12H,8-11H2,1-2H3.